The molecule has 1 aliphatic rings. The predicted octanol–water partition coefficient (Wildman–Crippen LogP) is 2.36. The molecular formula is C18H26N2O4. The minimum Gasteiger partial charge on any atom is -0.492 e. The normalized spacial score (nSPS) is 15.0. The van der Waals surface area contributed by atoms with Crippen molar-refractivity contribution in [1.29, 1.82) is 0 Å². The average molecular weight is 334 g/mol. The van der Waals surface area contributed by atoms with Crippen molar-refractivity contribution in [3.05, 3.63) is 29.8 Å². The largest absolute Gasteiger partial charge is 0.492 e. The van der Waals surface area contributed by atoms with Gasteiger partial charge in [-0.1, -0.05) is 17.7 Å². The highest BCUT2D eigenvalue weighted by Gasteiger charge is 2.27. The third-order valence-corrected chi connectivity index (χ3v) is 4.07. The summed E-state index contributed by atoms with van der Waals surface area (Å²) >= 11 is 0. The van der Waals surface area contributed by atoms with Crippen LogP contribution >= 0.6 is 0 Å². The van der Waals surface area contributed by atoms with Gasteiger partial charge in [0.25, 0.3) is 0 Å². The molecule has 0 atom stereocenters. The fourth-order valence-corrected chi connectivity index (χ4v) is 2.65. The van der Waals surface area contributed by atoms with Crippen LogP contribution in [0.1, 0.15) is 25.3 Å². The molecule has 6 nitrogen and oxygen atoms in total. The molecule has 6 heteroatoms. The van der Waals surface area contributed by atoms with Gasteiger partial charge in [0, 0.05) is 13.1 Å². The average Bonchev–Trinajstić information content (AvgIpc) is 2.60. The number of nitrogens with zero attached hydrogens (tertiary/aromatic N) is 1. The quantitative estimate of drug-likeness (QED) is 0.640. The fraction of sp³-hybridized carbons (Fsp3) is 0.556. The molecule has 1 heterocycles. The summed E-state index contributed by atoms with van der Waals surface area (Å²) < 4.78 is 10.6. The first kappa shape index (κ1) is 18.1. The van der Waals surface area contributed by atoms with Crippen molar-refractivity contribution in [2.75, 3.05) is 32.8 Å². The molecule has 2 amide bonds. The number of piperidine rings is 1. The van der Waals surface area contributed by atoms with E-state index >= 15 is 0 Å². The molecule has 0 bridgehead atoms. The van der Waals surface area contributed by atoms with Crippen molar-refractivity contribution in [2.45, 2.75) is 26.7 Å². The number of amides is 2. The predicted molar refractivity (Wildman–Crippen MR) is 91.0 cm³/mol. The number of hydrogen-bond donors (Lipinski definition) is 1. The Labute approximate surface area is 143 Å². The summed E-state index contributed by atoms with van der Waals surface area (Å²) in [6.45, 7) is 6.26. The maximum absolute atomic E-state index is 12.1. The van der Waals surface area contributed by atoms with E-state index in [2.05, 4.69) is 5.32 Å². The molecule has 1 aromatic carbocycles. The molecule has 1 saturated heterocycles. The molecule has 0 aliphatic carbocycles. The van der Waals surface area contributed by atoms with E-state index in [1.54, 1.807) is 11.8 Å². The summed E-state index contributed by atoms with van der Waals surface area (Å²) in [7, 11) is 0. The monoisotopic (exact) mass is 334 g/mol. The summed E-state index contributed by atoms with van der Waals surface area (Å²) in [5, 5.41) is 2.85. The van der Waals surface area contributed by atoms with Gasteiger partial charge < -0.3 is 19.7 Å². The number of benzene rings is 1. The molecule has 0 radical (unpaired) electrons. The zero-order valence-electron chi connectivity index (χ0n) is 14.4. The Morgan fingerprint density at radius 2 is 1.88 bits per heavy atom. The fourth-order valence-electron chi connectivity index (χ4n) is 2.65. The Hall–Kier alpha value is -2.24. The second-order valence-electron chi connectivity index (χ2n) is 5.91. The van der Waals surface area contributed by atoms with Gasteiger partial charge >= 0.3 is 12.0 Å². The third-order valence-electron chi connectivity index (χ3n) is 4.07. The van der Waals surface area contributed by atoms with Gasteiger partial charge in [0.15, 0.2) is 0 Å². The van der Waals surface area contributed by atoms with Crippen molar-refractivity contribution in [1.82, 2.24) is 10.2 Å². The lowest BCUT2D eigenvalue weighted by atomic mass is 9.97. The van der Waals surface area contributed by atoms with E-state index in [0.717, 1.165) is 5.75 Å². The Kier molecular flexibility index (Phi) is 6.90. The van der Waals surface area contributed by atoms with Crippen LogP contribution in [-0.2, 0) is 9.53 Å². The van der Waals surface area contributed by atoms with Crippen molar-refractivity contribution in [2.24, 2.45) is 5.92 Å². The first-order valence-electron chi connectivity index (χ1n) is 8.49. The van der Waals surface area contributed by atoms with Gasteiger partial charge in [0.05, 0.1) is 19.1 Å². The summed E-state index contributed by atoms with van der Waals surface area (Å²) in [5.74, 6) is 0.563. The number of likely N-dealkylation sites (tertiary alicyclic amines) is 1. The van der Waals surface area contributed by atoms with Crippen LogP contribution in [0.4, 0.5) is 4.79 Å². The summed E-state index contributed by atoms with van der Waals surface area (Å²) in [4.78, 5) is 25.5. The van der Waals surface area contributed by atoms with E-state index < -0.39 is 0 Å². The van der Waals surface area contributed by atoms with Crippen molar-refractivity contribution < 1.29 is 19.1 Å². The standard InChI is InChI=1S/C18H26N2O4/c1-3-23-17(21)15-8-11-20(12-9-15)18(22)19-10-13-24-16-6-4-14(2)5-7-16/h4-7,15H,3,8-13H2,1-2H3,(H,19,22). The van der Waals surface area contributed by atoms with E-state index in [9.17, 15) is 9.59 Å². The van der Waals surface area contributed by atoms with E-state index in [-0.39, 0.29) is 17.9 Å². The minimum atomic E-state index is -0.149. The second kappa shape index (κ2) is 9.15. The highest BCUT2D eigenvalue weighted by molar-refractivity contribution is 5.76. The van der Waals surface area contributed by atoms with Gasteiger partial charge in [-0.05, 0) is 38.8 Å². The van der Waals surface area contributed by atoms with Crippen LogP contribution in [-0.4, -0.2) is 49.7 Å². The van der Waals surface area contributed by atoms with Crippen molar-refractivity contribution >= 4 is 12.0 Å². The minimum absolute atomic E-state index is 0.0844. The maximum atomic E-state index is 12.1. The van der Waals surface area contributed by atoms with Crippen LogP contribution in [0.5, 0.6) is 5.75 Å². The number of hydrogen-bond acceptors (Lipinski definition) is 4. The summed E-state index contributed by atoms with van der Waals surface area (Å²) in [6, 6.07) is 7.70. The van der Waals surface area contributed by atoms with Crippen LogP contribution in [0.3, 0.4) is 0 Å². The summed E-state index contributed by atoms with van der Waals surface area (Å²) in [6.07, 6.45) is 1.32. The van der Waals surface area contributed by atoms with Crippen LogP contribution in [0.25, 0.3) is 0 Å². The number of urea groups is 1. The highest BCUT2D eigenvalue weighted by atomic mass is 16.5. The first-order valence-corrected chi connectivity index (χ1v) is 8.49. The number of carbonyl (C=O) groups excluding carboxylic acids is 2. The molecule has 132 valence electrons. The first-order chi connectivity index (χ1) is 11.6. The Morgan fingerprint density at radius 1 is 1.21 bits per heavy atom. The van der Waals surface area contributed by atoms with Gasteiger partial charge in [0.2, 0.25) is 0 Å². The molecule has 0 unspecified atom stereocenters. The highest BCUT2D eigenvalue weighted by Crippen LogP contribution is 2.18. The van der Waals surface area contributed by atoms with Crippen molar-refractivity contribution in [3.8, 4) is 5.75 Å². The smallest absolute Gasteiger partial charge is 0.317 e. The number of nitrogens with one attached hydrogen (secondary N) is 1. The number of carbonyl (C=O) groups is 2. The zero-order valence-corrected chi connectivity index (χ0v) is 14.4. The molecular weight excluding hydrogens is 308 g/mol. The molecule has 1 aliphatic heterocycles. The molecule has 0 spiro atoms. The van der Waals surface area contributed by atoms with E-state index in [4.69, 9.17) is 9.47 Å². The number of esters is 1. The second-order valence-corrected chi connectivity index (χ2v) is 5.91. The maximum Gasteiger partial charge on any atom is 0.317 e. The lowest BCUT2D eigenvalue weighted by molar-refractivity contribution is -0.149. The topological polar surface area (TPSA) is 67.9 Å². The number of aryl methyl sites for hydroxylation is 1. The van der Waals surface area contributed by atoms with Gasteiger partial charge in [-0.3, -0.25) is 4.79 Å². The van der Waals surface area contributed by atoms with Gasteiger partial charge in [-0.2, -0.15) is 0 Å². The molecule has 2 rings (SSSR count). The molecule has 1 aromatic rings. The molecule has 24 heavy (non-hydrogen) atoms. The van der Waals surface area contributed by atoms with Crippen LogP contribution in [0, 0.1) is 12.8 Å². The van der Waals surface area contributed by atoms with E-state index in [1.807, 2.05) is 31.2 Å². The van der Waals surface area contributed by atoms with E-state index in [1.165, 1.54) is 5.56 Å². The SMILES string of the molecule is CCOC(=O)C1CCN(C(=O)NCCOc2ccc(C)cc2)CC1. The molecule has 1 fully saturated rings. The zero-order chi connectivity index (χ0) is 17.4. The van der Waals surface area contributed by atoms with Crippen molar-refractivity contribution in [3.63, 3.8) is 0 Å². The lowest BCUT2D eigenvalue weighted by Crippen LogP contribution is -2.46. The molecule has 1 N–H and O–H groups in total. The van der Waals surface area contributed by atoms with Crippen LogP contribution < -0.4 is 10.1 Å². The van der Waals surface area contributed by atoms with E-state index in [0.29, 0.717) is 45.7 Å². The van der Waals surface area contributed by atoms with Gasteiger partial charge in [0.1, 0.15) is 12.4 Å². The van der Waals surface area contributed by atoms with Gasteiger partial charge in [-0.25, -0.2) is 4.79 Å². The Bertz CT molecular complexity index is 536. The van der Waals surface area contributed by atoms with Crippen LogP contribution in [0.2, 0.25) is 0 Å². The van der Waals surface area contributed by atoms with Gasteiger partial charge in [-0.15, -0.1) is 0 Å². The third kappa shape index (κ3) is 5.44. The van der Waals surface area contributed by atoms with Crippen LogP contribution in [0.15, 0.2) is 24.3 Å². The summed E-state index contributed by atoms with van der Waals surface area (Å²) in [5.41, 5.74) is 1.18. The number of rotatable bonds is 6. The Balaban J connectivity index is 1.63. The molecule has 0 saturated carbocycles. The number of ether oxygens (including phenoxy) is 2. The Morgan fingerprint density at radius 3 is 2.50 bits per heavy atom. The lowest BCUT2D eigenvalue weighted by Gasteiger charge is -2.30. The molecule has 0 aromatic heterocycles.